The van der Waals surface area contributed by atoms with Crippen molar-refractivity contribution in [3.05, 3.63) is 187 Å². The van der Waals surface area contributed by atoms with Gasteiger partial charge in [-0.1, -0.05) is 141 Å². The summed E-state index contributed by atoms with van der Waals surface area (Å²) in [7, 11) is 0. The van der Waals surface area contributed by atoms with E-state index in [0.29, 0.717) is 5.82 Å². The molecule has 2 aromatic heterocycles. The van der Waals surface area contributed by atoms with Gasteiger partial charge in [-0.25, -0.2) is 9.97 Å². The van der Waals surface area contributed by atoms with E-state index in [1.165, 1.54) is 27.8 Å². The highest BCUT2D eigenvalue weighted by Gasteiger charge is 2.35. The van der Waals surface area contributed by atoms with Crippen LogP contribution in [0.5, 0.6) is 0 Å². The Kier molecular flexibility index (Phi) is 7.70. The normalized spacial score (nSPS) is 12.7. The number of fused-ring (bicyclic) bond motifs is 3. The standard InChI is InChI=1S/C49H37N3/c1-32-41(18-12-26-50-32)34-22-20-33(21-23-34)38-27-39(37-24-25-45-43(30-37)42-17-10-11-19-44(42)49(45,2)3)29-40(28-38)48-51-46(35-13-6-4-7-14-35)31-47(52-48)36-15-8-5-9-16-36/h4-31H,1-3H3. The van der Waals surface area contributed by atoms with Gasteiger partial charge in [-0.2, -0.15) is 0 Å². The molecule has 52 heavy (non-hydrogen) atoms. The van der Waals surface area contributed by atoms with Gasteiger partial charge in [0.1, 0.15) is 0 Å². The van der Waals surface area contributed by atoms with Crippen molar-refractivity contribution in [1.29, 1.82) is 0 Å². The van der Waals surface area contributed by atoms with Crippen LogP contribution < -0.4 is 0 Å². The minimum atomic E-state index is -0.0502. The second kappa shape index (κ2) is 12.7. The predicted octanol–water partition coefficient (Wildman–Crippen LogP) is 12.5. The molecule has 0 unspecified atom stereocenters. The molecule has 0 saturated heterocycles. The first-order valence-electron chi connectivity index (χ1n) is 17.8. The molecule has 0 amide bonds. The first-order chi connectivity index (χ1) is 25.4. The van der Waals surface area contributed by atoms with Gasteiger partial charge in [-0.05, 0) is 93.4 Å². The van der Waals surface area contributed by atoms with E-state index >= 15 is 0 Å². The van der Waals surface area contributed by atoms with E-state index in [2.05, 4.69) is 171 Å². The molecule has 9 rings (SSSR count). The molecule has 0 atom stereocenters. The van der Waals surface area contributed by atoms with E-state index in [9.17, 15) is 0 Å². The molecular weight excluding hydrogens is 631 g/mol. The van der Waals surface area contributed by atoms with Crippen molar-refractivity contribution in [3.8, 4) is 78.4 Å². The van der Waals surface area contributed by atoms with Crippen LogP contribution in [-0.2, 0) is 5.41 Å². The maximum atomic E-state index is 5.22. The number of nitrogens with zero attached hydrogens (tertiary/aromatic N) is 3. The lowest BCUT2D eigenvalue weighted by Crippen LogP contribution is -2.14. The Morgan fingerprint density at radius 1 is 0.385 bits per heavy atom. The summed E-state index contributed by atoms with van der Waals surface area (Å²) in [6.07, 6.45) is 1.84. The van der Waals surface area contributed by atoms with E-state index in [0.717, 1.165) is 61.6 Å². The third-order valence-electron chi connectivity index (χ3n) is 10.5. The molecule has 0 bridgehead atoms. The second-order valence-electron chi connectivity index (χ2n) is 14.1. The third-order valence-corrected chi connectivity index (χ3v) is 10.5. The number of hydrogen-bond donors (Lipinski definition) is 0. The molecule has 1 aliphatic carbocycles. The summed E-state index contributed by atoms with van der Waals surface area (Å²) in [4.78, 5) is 15.0. The van der Waals surface area contributed by atoms with Crippen molar-refractivity contribution in [1.82, 2.24) is 15.0 Å². The molecule has 0 spiro atoms. The van der Waals surface area contributed by atoms with E-state index < -0.39 is 0 Å². The first-order valence-corrected chi connectivity index (χ1v) is 17.8. The van der Waals surface area contributed by atoms with Crippen molar-refractivity contribution in [2.75, 3.05) is 0 Å². The number of aromatic nitrogens is 3. The van der Waals surface area contributed by atoms with Gasteiger partial charge >= 0.3 is 0 Å². The number of pyridine rings is 1. The van der Waals surface area contributed by atoms with Gasteiger partial charge in [0.2, 0.25) is 0 Å². The SMILES string of the molecule is Cc1ncccc1-c1ccc(-c2cc(-c3ccc4c(c3)-c3ccccc3C4(C)C)cc(-c3nc(-c4ccccc4)cc(-c4ccccc4)n3)c2)cc1. The molecule has 0 radical (unpaired) electrons. The molecule has 0 fully saturated rings. The maximum absolute atomic E-state index is 5.22. The Labute approximate surface area is 305 Å². The van der Waals surface area contributed by atoms with Crippen LogP contribution in [0.2, 0.25) is 0 Å². The topological polar surface area (TPSA) is 38.7 Å². The van der Waals surface area contributed by atoms with Crippen LogP contribution in [0.1, 0.15) is 30.7 Å². The molecule has 248 valence electrons. The van der Waals surface area contributed by atoms with Crippen LogP contribution in [0.4, 0.5) is 0 Å². The lowest BCUT2D eigenvalue weighted by molar-refractivity contribution is 0.660. The molecule has 3 heteroatoms. The molecule has 6 aromatic carbocycles. The number of aryl methyl sites for hydroxylation is 1. The summed E-state index contributed by atoms with van der Waals surface area (Å²) in [6, 6.07) is 58.4. The third kappa shape index (κ3) is 5.61. The van der Waals surface area contributed by atoms with Crippen LogP contribution >= 0.6 is 0 Å². The van der Waals surface area contributed by atoms with E-state index in [1.54, 1.807) is 0 Å². The molecule has 8 aromatic rings. The average molecular weight is 668 g/mol. The van der Waals surface area contributed by atoms with E-state index in [4.69, 9.17) is 9.97 Å². The van der Waals surface area contributed by atoms with Crippen molar-refractivity contribution in [2.24, 2.45) is 0 Å². The lowest BCUT2D eigenvalue weighted by atomic mass is 9.82. The summed E-state index contributed by atoms with van der Waals surface area (Å²) >= 11 is 0. The van der Waals surface area contributed by atoms with Crippen LogP contribution in [0.25, 0.3) is 78.4 Å². The van der Waals surface area contributed by atoms with Crippen molar-refractivity contribution in [2.45, 2.75) is 26.2 Å². The van der Waals surface area contributed by atoms with Crippen molar-refractivity contribution >= 4 is 0 Å². The Hall–Kier alpha value is -6.45. The quantitative estimate of drug-likeness (QED) is 0.177. The molecule has 3 nitrogen and oxygen atoms in total. The fraction of sp³-hybridized carbons (Fsp3) is 0.0816. The largest absolute Gasteiger partial charge is 0.261 e. The minimum Gasteiger partial charge on any atom is -0.261 e. The van der Waals surface area contributed by atoms with Gasteiger partial charge in [0.25, 0.3) is 0 Å². The van der Waals surface area contributed by atoms with Gasteiger partial charge < -0.3 is 0 Å². The molecule has 1 aliphatic rings. The van der Waals surface area contributed by atoms with Gasteiger partial charge in [-0.15, -0.1) is 0 Å². The van der Waals surface area contributed by atoms with Crippen molar-refractivity contribution in [3.63, 3.8) is 0 Å². The maximum Gasteiger partial charge on any atom is 0.160 e. The molecule has 2 heterocycles. The van der Waals surface area contributed by atoms with Gasteiger partial charge in [0.15, 0.2) is 5.82 Å². The molecular formula is C49H37N3. The smallest absolute Gasteiger partial charge is 0.160 e. The zero-order valence-corrected chi connectivity index (χ0v) is 29.5. The first kappa shape index (κ1) is 31.5. The molecule has 0 aliphatic heterocycles. The zero-order valence-electron chi connectivity index (χ0n) is 29.5. The summed E-state index contributed by atoms with van der Waals surface area (Å²) in [6.45, 7) is 6.71. The predicted molar refractivity (Wildman–Crippen MR) is 215 cm³/mol. The monoisotopic (exact) mass is 667 g/mol. The highest BCUT2D eigenvalue weighted by atomic mass is 14.9. The number of benzene rings is 6. The zero-order chi connectivity index (χ0) is 35.2. The fourth-order valence-electron chi connectivity index (χ4n) is 7.71. The van der Waals surface area contributed by atoms with Crippen LogP contribution in [0, 0.1) is 6.92 Å². The Bertz CT molecular complexity index is 2530. The summed E-state index contributed by atoms with van der Waals surface area (Å²) in [5.41, 5.74) is 18.0. The van der Waals surface area contributed by atoms with E-state index in [1.807, 2.05) is 24.4 Å². The fourth-order valence-corrected chi connectivity index (χ4v) is 7.71. The van der Waals surface area contributed by atoms with Crippen LogP contribution in [-0.4, -0.2) is 15.0 Å². The molecule has 0 saturated carbocycles. The van der Waals surface area contributed by atoms with E-state index in [-0.39, 0.29) is 5.41 Å². The van der Waals surface area contributed by atoms with Gasteiger partial charge in [0.05, 0.1) is 11.4 Å². The van der Waals surface area contributed by atoms with Gasteiger partial charge in [0, 0.05) is 39.6 Å². The molecule has 0 N–H and O–H groups in total. The highest BCUT2D eigenvalue weighted by Crippen LogP contribution is 2.49. The number of rotatable bonds is 6. The highest BCUT2D eigenvalue weighted by molar-refractivity contribution is 5.87. The Morgan fingerprint density at radius 3 is 1.60 bits per heavy atom. The Balaban J connectivity index is 1.24. The summed E-state index contributed by atoms with van der Waals surface area (Å²) < 4.78 is 0. The van der Waals surface area contributed by atoms with Gasteiger partial charge in [-0.3, -0.25) is 4.98 Å². The average Bonchev–Trinajstić information content (AvgIpc) is 3.44. The number of hydrogen-bond acceptors (Lipinski definition) is 3. The second-order valence-corrected chi connectivity index (χ2v) is 14.1. The van der Waals surface area contributed by atoms with Crippen LogP contribution in [0.3, 0.4) is 0 Å². The Morgan fingerprint density at radius 2 is 0.923 bits per heavy atom. The lowest BCUT2D eigenvalue weighted by Gasteiger charge is -2.21. The minimum absolute atomic E-state index is 0.0502. The van der Waals surface area contributed by atoms with Crippen molar-refractivity contribution < 1.29 is 0 Å². The summed E-state index contributed by atoms with van der Waals surface area (Å²) in [5, 5.41) is 0. The summed E-state index contributed by atoms with van der Waals surface area (Å²) in [5.74, 6) is 0.693. The van der Waals surface area contributed by atoms with Crippen LogP contribution in [0.15, 0.2) is 170 Å².